The van der Waals surface area contributed by atoms with E-state index in [2.05, 4.69) is 5.16 Å². The summed E-state index contributed by atoms with van der Waals surface area (Å²) in [4.78, 5) is 26.0. The summed E-state index contributed by atoms with van der Waals surface area (Å²) in [5, 5.41) is 3.71. The van der Waals surface area contributed by atoms with E-state index >= 15 is 0 Å². The van der Waals surface area contributed by atoms with Gasteiger partial charge in [0.25, 0.3) is 0 Å². The van der Waals surface area contributed by atoms with Crippen molar-refractivity contribution in [3.63, 3.8) is 0 Å². The zero-order chi connectivity index (χ0) is 14.7. The van der Waals surface area contributed by atoms with E-state index in [4.69, 9.17) is 9.26 Å². The minimum absolute atomic E-state index is 0.126. The molecule has 1 aromatic heterocycles. The van der Waals surface area contributed by atoms with E-state index in [1.165, 1.54) is 0 Å². The third-order valence-corrected chi connectivity index (χ3v) is 3.04. The number of nitrogens with zero attached hydrogens (tertiary/aromatic N) is 2. The number of allylic oxidation sites excluding steroid dienone is 1. The molecular weight excluding hydrogens is 260 g/mol. The van der Waals surface area contributed by atoms with Crippen molar-refractivity contribution in [2.45, 2.75) is 26.2 Å². The minimum atomic E-state index is -0.537. The third-order valence-electron chi connectivity index (χ3n) is 3.04. The predicted octanol–water partition coefficient (Wildman–Crippen LogP) is 1.82. The van der Waals surface area contributed by atoms with Gasteiger partial charge in [-0.2, -0.15) is 0 Å². The number of fused-ring (bicyclic) bond motifs is 1. The highest BCUT2D eigenvalue weighted by atomic mass is 16.5. The molecule has 1 heterocycles. The Bertz CT molecular complexity index is 558. The van der Waals surface area contributed by atoms with Crippen LogP contribution in [0, 0.1) is 0 Å². The van der Waals surface area contributed by atoms with Crippen LogP contribution < -0.4 is 0 Å². The molecule has 1 aromatic rings. The molecule has 6 heteroatoms. The van der Waals surface area contributed by atoms with Crippen LogP contribution in [0.1, 0.15) is 46.4 Å². The van der Waals surface area contributed by atoms with E-state index in [1.54, 1.807) is 13.1 Å². The van der Waals surface area contributed by atoms with Crippen LogP contribution in [-0.2, 0) is 11.2 Å². The van der Waals surface area contributed by atoms with Crippen LogP contribution in [-0.4, -0.2) is 42.5 Å². The smallest absolute Gasteiger partial charge is 0.360 e. The van der Waals surface area contributed by atoms with Crippen molar-refractivity contribution in [1.29, 1.82) is 0 Å². The zero-order valence-corrected chi connectivity index (χ0v) is 11.9. The summed E-state index contributed by atoms with van der Waals surface area (Å²) in [5.41, 5.74) is 1.36. The summed E-state index contributed by atoms with van der Waals surface area (Å²) in [6.07, 6.45) is 3.79. The Morgan fingerprint density at radius 3 is 2.85 bits per heavy atom. The lowest BCUT2D eigenvalue weighted by molar-refractivity contribution is 0.0513. The molecule has 0 unspecified atom stereocenters. The van der Waals surface area contributed by atoms with E-state index in [1.807, 2.05) is 19.0 Å². The van der Waals surface area contributed by atoms with E-state index in [-0.39, 0.29) is 23.8 Å². The highest BCUT2D eigenvalue weighted by Crippen LogP contribution is 2.27. The van der Waals surface area contributed by atoms with Crippen molar-refractivity contribution in [2.75, 3.05) is 20.7 Å². The summed E-state index contributed by atoms with van der Waals surface area (Å²) < 4.78 is 10.0. The molecule has 1 aliphatic rings. The van der Waals surface area contributed by atoms with E-state index in [0.29, 0.717) is 24.0 Å². The number of hydrogen-bond donors (Lipinski definition) is 0. The van der Waals surface area contributed by atoms with Gasteiger partial charge in [-0.3, -0.25) is 4.79 Å². The van der Waals surface area contributed by atoms with E-state index < -0.39 is 5.97 Å². The average Bonchev–Trinajstić information content (AvgIpc) is 2.74. The fourth-order valence-corrected chi connectivity index (χ4v) is 2.23. The maximum atomic E-state index is 12.4. The summed E-state index contributed by atoms with van der Waals surface area (Å²) in [5.74, 6) is -0.571. The predicted molar refractivity (Wildman–Crippen MR) is 71.5 cm³/mol. The monoisotopic (exact) mass is 278 g/mol. The van der Waals surface area contributed by atoms with Gasteiger partial charge in [-0.15, -0.1) is 0 Å². The number of aromatic nitrogens is 1. The summed E-state index contributed by atoms with van der Waals surface area (Å²) in [7, 11) is 3.72. The molecule has 0 aliphatic heterocycles. The fourth-order valence-electron chi connectivity index (χ4n) is 2.23. The summed E-state index contributed by atoms with van der Waals surface area (Å²) in [6, 6.07) is 0. The molecular formula is C14H18N2O4. The van der Waals surface area contributed by atoms with Gasteiger partial charge in [0.15, 0.2) is 5.69 Å². The molecule has 0 N–H and O–H groups in total. The molecule has 0 saturated heterocycles. The number of carbonyl (C=O) groups is 2. The maximum absolute atomic E-state index is 12.4. The first-order valence-electron chi connectivity index (χ1n) is 6.62. The van der Waals surface area contributed by atoms with Crippen LogP contribution >= 0.6 is 0 Å². The molecule has 0 aromatic carbocycles. The van der Waals surface area contributed by atoms with Gasteiger partial charge in [-0.25, -0.2) is 4.79 Å². The number of ketones is 1. The number of carbonyl (C=O) groups excluding carboxylic acids is 2. The molecule has 0 spiro atoms. The van der Waals surface area contributed by atoms with Gasteiger partial charge in [0.1, 0.15) is 0 Å². The first-order valence-corrected chi connectivity index (χ1v) is 6.62. The molecule has 108 valence electrons. The Morgan fingerprint density at radius 1 is 1.45 bits per heavy atom. The largest absolute Gasteiger partial charge is 0.461 e. The van der Waals surface area contributed by atoms with Crippen LogP contribution in [0.3, 0.4) is 0 Å². The number of ether oxygens (including phenoxy) is 1. The summed E-state index contributed by atoms with van der Waals surface area (Å²) in [6.45, 7) is 1.99. The fraction of sp³-hybridized carbons (Fsp3) is 0.500. The second kappa shape index (κ2) is 5.90. The van der Waals surface area contributed by atoms with Crippen molar-refractivity contribution in [1.82, 2.24) is 10.1 Å². The first-order chi connectivity index (χ1) is 9.54. The lowest BCUT2D eigenvalue weighted by atomic mass is 10.1. The first kappa shape index (κ1) is 14.3. The highest BCUT2D eigenvalue weighted by molar-refractivity contribution is 6.09. The van der Waals surface area contributed by atoms with Crippen molar-refractivity contribution < 1.29 is 18.8 Å². The third kappa shape index (κ3) is 2.74. The number of Topliss-reactive ketones (excluding diaryl/α,β-unsaturated/α-hetero) is 1. The quantitative estimate of drug-likeness (QED) is 0.477. The van der Waals surface area contributed by atoms with Crippen molar-refractivity contribution in [3.05, 3.63) is 28.8 Å². The van der Waals surface area contributed by atoms with Gasteiger partial charge in [0.05, 0.1) is 6.61 Å². The van der Waals surface area contributed by atoms with E-state index in [9.17, 15) is 9.59 Å². The molecule has 0 bridgehead atoms. The lowest BCUT2D eigenvalue weighted by Crippen LogP contribution is -2.10. The molecule has 0 radical (unpaired) electrons. The topological polar surface area (TPSA) is 72.6 Å². The van der Waals surface area contributed by atoms with Crippen LogP contribution in [0.4, 0.5) is 0 Å². The van der Waals surface area contributed by atoms with Crippen LogP contribution in [0.25, 0.3) is 0 Å². The Morgan fingerprint density at radius 2 is 2.20 bits per heavy atom. The van der Waals surface area contributed by atoms with Crippen LogP contribution in [0.5, 0.6) is 0 Å². The Balaban J connectivity index is 2.38. The number of esters is 1. The zero-order valence-electron chi connectivity index (χ0n) is 11.9. The molecule has 0 fully saturated rings. The van der Waals surface area contributed by atoms with Crippen molar-refractivity contribution >= 4 is 11.8 Å². The Hall–Kier alpha value is -2.11. The van der Waals surface area contributed by atoms with Crippen molar-refractivity contribution in [3.8, 4) is 0 Å². The van der Waals surface area contributed by atoms with Gasteiger partial charge in [-0.1, -0.05) is 5.16 Å². The molecule has 0 atom stereocenters. The van der Waals surface area contributed by atoms with Crippen molar-refractivity contribution in [2.24, 2.45) is 0 Å². The number of hydrogen-bond acceptors (Lipinski definition) is 6. The molecule has 0 amide bonds. The molecule has 20 heavy (non-hydrogen) atoms. The van der Waals surface area contributed by atoms with Gasteiger partial charge in [0.2, 0.25) is 11.5 Å². The maximum Gasteiger partial charge on any atom is 0.360 e. The summed E-state index contributed by atoms with van der Waals surface area (Å²) >= 11 is 0. The second-order valence-corrected chi connectivity index (χ2v) is 4.86. The number of rotatable bonds is 3. The van der Waals surface area contributed by atoms with Gasteiger partial charge in [-0.05, 0) is 26.2 Å². The van der Waals surface area contributed by atoms with Crippen LogP contribution in [0.2, 0.25) is 0 Å². The minimum Gasteiger partial charge on any atom is -0.461 e. The lowest BCUT2D eigenvalue weighted by Gasteiger charge is -2.08. The standard InChI is InChI=1S/C14H18N2O4/c1-4-19-14(18)11-10-7-5-6-9(8-16(2)3)12(17)13(10)20-15-11/h8H,4-7H2,1-3H3/b9-8+. The second-order valence-electron chi connectivity index (χ2n) is 4.86. The highest BCUT2D eigenvalue weighted by Gasteiger charge is 2.30. The van der Waals surface area contributed by atoms with Gasteiger partial charge < -0.3 is 14.2 Å². The van der Waals surface area contributed by atoms with Crippen LogP contribution in [0.15, 0.2) is 16.3 Å². The van der Waals surface area contributed by atoms with Gasteiger partial charge >= 0.3 is 5.97 Å². The van der Waals surface area contributed by atoms with Gasteiger partial charge in [0, 0.05) is 31.4 Å². The molecule has 6 nitrogen and oxygen atoms in total. The van der Waals surface area contributed by atoms with E-state index in [0.717, 1.165) is 6.42 Å². The molecule has 0 saturated carbocycles. The average molecular weight is 278 g/mol. The Labute approximate surface area is 117 Å². The SMILES string of the molecule is CCOC(=O)c1noc2c1CCC/C(=C\N(C)C)C2=O. The normalized spacial score (nSPS) is 16.8. The molecule has 2 rings (SSSR count). The Kier molecular flexibility index (Phi) is 4.22. The molecule has 1 aliphatic carbocycles.